The van der Waals surface area contributed by atoms with Crippen LogP contribution in [0.1, 0.15) is 63.0 Å². The van der Waals surface area contributed by atoms with Crippen LogP contribution in [0.25, 0.3) is 0 Å². The zero-order valence-electron chi connectivity index (χ0n) is 23.6. The summed E-state index contributed by atoms with van der Waals surface area (Å²) in [5, 5.41) is 0. The smallest absolute Gasteiger partial charge is 0.425 e. The van der Waals surface area contributed by atoms with Crippen LogP contribution in [-0.2, 0) is 16.1 Å². The number of carbonyl (C=O) groups is 3. The van der Waals surface area contributed by atoms with E-state index in [1.807, 2.05) is 6.07 Å². The van der Waals surface area contributed by atoms with Crippen LogP contribution in [0.15, 0.2) is 60.7 Å². The lowest BCUT2D eigenvalue weighted by Crippen LogP contribution is -2.44. The average molecular weight is 553 g/mol. The first kappa shape index (κ1) is 30.1. The summed E-state index contributed by atoms with van der Waals surface area (Å²) in [7, 11) is 0. The molecule has 0 spiro atoms. The van der Waals surface area contributed by atoms with E-state index in [0.29, 0.717) is 10.5 Å². The molecule has 0 fully saturated rings. The van der Waals surface area contributed by atoms with E-state index < -0.39 is 41.1 Å². The minimum atomic E-state index is -1.20. The second-order valence-corrected chi connectivity index (χ2v) is 10.8. The van der Waals surface area contributed by atoms with E-state index in [0.717, 1.165) is 0 Å². The van der Waals surface area contributed by atoms with Gasteiger partial charge in [-0.2, -0.15) is 14.3 Å². The molecule has 0 saturated carbocycles. The zero-order chi connectivity index (χ0) is 29.7. The van der Waals surface area contributed by atoms with E-state index in [1.54, 1.807) is 96.1 Å². The Kier molecular flexibility index (Phi) is 9.13. The number of benzene rings is 2. The summed E-state index contributed by atoms with van der Waals surface area (Å²) in [6.07, 6.45) is -2.41. The standard InChI is InChI=1S/C30H33FN2O7/c1-19-22(26(34)38-21-16-12-9-13-17-21)23(37-18-20-14-10-8-11-15-20)25(32-24(19)31)33(27(35)39-29(2,3)4)28(36)40-30(5,6)7/h8-17H,18H2,1-7H3. The molecule has 0 radical (unpaired) electrons. The number of amides is 2. The topological polar surface area (TPSA) is 104 Å². The largest absolute Gasteiger partial charge is 0.484 e. The number of carbonyl (C=O) groups excluding carboxylic acids is 3. The van der Waals surface area contributed by atoms with E-state index in [2.05, 4.69) is 4.98 Å². The van der Waals surface area contributed by atoms with Crippen molar-refractivity contribution in [2.45, 2.75) is 66.3 Å². The van der Waals surface area contributed by atoms with Gasteiger partial charge in [0.1, 0.15) is 29.1 Å². The number of esters is 1. The van der Waals surface area contributed by atoms with Crippen molar-refractivity contribution in [3.05, 3.63) is 83.3 Å². The lowest BCUT2D eigenvalue weighted by atomic mass is 10.1. The number of hydrogen-bond donors (Lipinski definition) is 0. The van der Waals surface area contributed by atoms with Crippen LogP contribution in [0, 0.1) is 12.9 Å². The quantitative estimate of drug-likeness (QED) is 0.183. The second kappa shape index (κ2) is 12.1. The number of nitrogens with zero attached hydrogens (tertiary/aromatic N) is 2. The molecule has 9 nitrogen and oxygen atoms in total. The van der Waals surface area contributed by atoms with Crippen LogP contribution >= 0.6 is 0 Å². The highest BCUT2D eigenvalue weighted by Crippen LogP contribution is 2.37. The van der Waals surface area contributed by atoms with E-state index in [4.69, 9.17) is 18.9 Å². The molecule has 40 heavy (non-hydrogen) atoms. The molecule has 2 aromatic carbocycles. The molecule has 3 aromatic rings. The zero-order valence-corrected chi connectivity index (χ0v) is 23.6. The Morgan fingerprint density at radius 1 is 0.825 bits per heavy atom. The SMILES string of the molecule is Cc1c(F)nc(N(C(=O)OC(C)(C)C)C(=O)OC(C)(C)C)c(OCc2ccccc2)c1C(=O)Oc1ccccc1. The number of para-hydroxylation sites is 1. The van der Waals surface area contributed by atoms with Crippen molar-refractivity contribution in [1.29, 1.82) is 0 Å². The molecule has 0 atom stereocenters. The molecule has 2 amide bonds. The van der Waals surface area contributed by atoms with Crippen molar-refractivity contribution in [3.8, 4) is 11.5 Å². The third-order valence-electron chi connectivity index (χ3n) is 5.07. The minimum absolute atomic E-state index is 0.108. The summed E-state index contributed by atoms with van der Waals surface area (Å²) in [4.78, 5) is 44.4. The number of anilines is 1. The Morgan fingerprint density at radius 3 is 1.82 bits per heavy atom. The third-order valence-corrected chi connectivity index (χ3v) is 5.07. The lowest BCUT2D eigenvalue weighted by molar-refractivity contribution is 0.0425. The second-order valence-electron chi connectivity index (χ2n) is 10.8. The monoisotopic (exact) mass is 552 g/mol. The molecule has 0 unspecified atom stereocenters. The van der Waals surface area contributed by atoms with Crippen LogP contribution < -0.4 is 14.4 Å². The van der Waals surface area contributed by atoms with E-state index in [-0.39, 0.29) is 29.2 Å². The summed E-state index contributed by atoms with van der Waals surface area (Å²) in [6, 6.07) is 17.1. The minimum Gasteiger partial charge on any atom is -0.484 e. The van der Waals surface area contributed by atoms with Gasteiger partial charge in [-0.1, -0.05) is 48.5 Å². The van der Waals surface area contributed by atoms with E-state index in [9.17, 15) is 14.4 Å². The molecule has 0 aliphatic rings. The number of ether oxygens (including phenoxy) is 4. The molecular weight excluding hydrogens is 519 g/mol. The van der Waals surface area contributed by atoms with Gasteiger partial charge in [-0.25, -0.2) is 14.4 Å². The van der Waals surface area contributed by atoms with Crippen LogP contribution in [0.2, 0.25) is 0 Å². The Balaban J connectivity index is 2.23. The van der Waals surface area contributed by atoms with Gasteiger partial charge in [0.15, 0.2) is 11.6 Å². The van der Waals surface area contributed by atoms with Crippen molar-refractivity contribution in [2.24, 2.45) is 0 Å². The first-order valence-electron chi connectivity index (χ1n) is 12.6. The van der Waals surface area contributed by atoms with Gasteiger partial charge >= 0.3 is 18.2 Å². The Labute approximate surface area is 232 Å². The summed E-state index contributed by atoms with van der Waals surface area (Å²) < 4.78 is 37.7. The Hall–Kier alpha value is -4.47. The van der Waals surface area contributed by atoms with Crippen LogP contribution in [0.4, 0.5) is 19.8 Å². The maximum Gasteiger partial charge on any atom is 0.425 e. The maximum absolute atomic E-state index is 15.3. The van der Waals surface area contributed by atoms with Gasteiger partial charge < -0.3 is 18.9 Å². The molecule has 212 valence electrons. The summed E-state index contributed by atoms with van der Waals surface area (Å²) in [5.74, 6) is -2.90. The van der Waals surface area contributed by atoms with Gasteiger partial charge in [-0.15, -0.1) is 0 Å². The fourth-order valence-electron chi connectivity index (χ4n) is 3.39. The van der Waals surface area contributed by atoms with Gasteiger partial charge in [0.2, 0.25) is 5.95 Å². The third kappa shape index (κ3) is 8.02. The number of hydrogen-bond acceptors (Lipinski definition) is 8. The fourth-order valence-corrected chi connectivity index (χ4v) is 3.39. The molecule has 0 bridgehead atoms. The highest BCUT2D eigenvalue weighted by molar-refractivity contribution is 6.11. The summed E-state index contributed by atoms with van der Waals surface area (Å²) in [5.41, 5.74) is -1.96. The molecule has 0 saturated heterocycles. The predicted molar refractivity (Wildman–Crippen MR) is 146 cm³/mol. The average Bonchev–Trinajstić information content (AvgIpc) is 2.84. The molecule has 10 heteroatoms. The van der Waals surface area contributed by atoms with Crippen LogP contribution in [0.5, 0.6) is 11.5 Å². The number of aromatic nitrogens is 1. The first-order chi connectivity index (χ1) is 18.7. The first-order valence-corrected chi connectivity index (χ1v) is 12.6. The highest BCUT2D eigenvalue weighted by atomic mass is 19.1. The van der Waals surface area contributed by atoms with Gasteiger partial charge in [0.05, 0.1) is 0 Å². The molecule has 3 rings (SSSR count). The normalized spacial score (nSPS) is 11.4. The van der Waals surface area contributed by atoms with Crippen molar-refractivity contribution >= 4 is 24.0 Å². The number of pyridine rings is 1. The number of imide groups is 1. The van der Waals surface area contributed by atoms with Crippen molar-refractivity contribution < 1.29 is 37.7 Å². The summed E-state index contributed by atoms with van der Waals surface area (Å²) in [6.45, 7) is 10.8. The van der Waals surface area contributed by atoms with Gasteiger partial charge in [-0.3, -0.25) is 0 Å². The van der Waals surface area contributed by atoms with Crippen molar-refractivity contribution in [3.63, 3.8) is 0 Å². The van der Waals surface area contributed by atoms with Gasteiger partial charge in [-0.05, 0) is 66.2 Å². The lowest BCUT2D eigenvalue weighted by Gasteiger charge is -2.29. The predicted octanol–water partition coefficient (Wildman–Crippen LogP) is 7.00. The van der Waals surface area contributed by atoms with Crippen LogP contribution in [-0.4, -0.2) is 34.3 Å². The Morgan fingerprint density at radius 2 is 1.32 bits per heavy atom. The fraction of sp³-hybridized carbons (Fsp3) is 0.333. The molecular formula is C30H33FN2O7. The maximum atomic E-state index is 15.3. The molecule has 0 N–H and O–H groups in total. The van der Waals surface area contributed by atoms with E-state index in [1.165, 1.54) is 6.92 Å². The molecule has 0 aliphatic heterocycles. The number of halogens is 1. The van der Waals surface area contributed by atoms with Gasteiger partial charge in [0.25, 0.3) is 0 Å². The van der Waals surface area contributed by atoms with Gasteiger partial charge in [0, 0.05) is 5.56 Å². The van der Waals surface area contributed by atoms with Crippen LogP contribution in [0.3, 0.4) is 0 Å². The highest BCUT2D eigenvalue weighted by Gasteiger charge is 2.39. The molecule has 1 heterocycles. The Bertz CT molecular complexity index is 1340. The van der Waals surface area contributed by atoms with Crippen molar-refractivity contribution in [1.82, 2.24) is 4.98 Å². The summed E-state index contributed by atoms with van der Waals surface area (Å²) >= 11 is 0. The number of rotatable bonds is 6. The van der Waals surface area contributed by atoms with Crippen molar-refractivity contribution in [2.75, 3.05) is 4.90 Å². The molecule has 0 aliphatic carbocycles. The van der Waals surface area contributed by atoms with E-state index >= 15 is 4.39 Å². The molecule has 1 aromatic heterocycles.